The molecule has 0 aliphatic carbocycles. The summed E-state index contributed by atoms with van der Waals surface area (Å²) in [5, 5.41) is 9.44. The quantitative estimate of drug-likeness (QED) is 0.459. The molecule has 0 saturated carbocycles. The van der Waals surface area contributed by atoms with Crippen molar-refractivity contribution in [1.29, 1.82) is 0 Å². The topological polar surface area (TPSA) is 63.6 Å². The number of esters is 1. The summed E-state index contributed by atoms with van der Waals surface area (Å²) in [6.45, 7) is 2.45. The van der Waals surface area contributed by atoms with E-state index in [-0.39, 0.29) is 16.9 Å². The van der Waals surface area contributed by atoms with E-state index >= 15 is 0 Å². The van der Waals surface area contributed by atoms with Gasteiger partial charge in [0.15, 0.2) is 6.29 Å². The Labute approximate surface area is 107 Å². The van der Waals surface area contributed by atoms with Crippen LogP contribution < -0.4 is 0 Å². The highest BCUT2D eigenvalue weighted by Crippen LogP contribution is 2.19. The second kappa shape index (κ2) is 7.48. The van der Waals surface area contributed by atoms with Gasteiger partial charge in [-0.05, 0) is 18.6 Å². The highest BCUT2D eigenvalue weighted by Gasteiger charge is 2.15. The van der Waals surface area contributed by atoms with Crippen LogP contribution in [0.3, 0.4) is 0 Å². The fraction of sp³-hybridized carbons (Fsp3) is 0.429. The van der Waals surface area contributed by atoms with Gasteiger partial charge in [-0.15, -0.1) is 0 Å². The predicted molar refractivity (Wildman–Crippen MR) is 67.9 cm³/mol. The van der Waals surface area contributed by atoms with E-state index in [9.17, 15) is 14.7 Å². The zero-order valence-electron chi connectivity index (χ0n) is 10.5. The lowest BCUT2D eigenvalue weighted by molar-refractivity contribution is 0.0495. The van der Waals surface area contributed by atoms with Crippen LogP contribution in [-0.2, 0) is 4.74 Å². The summed E-state index contributed by atoms with van der Waals surface area (Å²) in [5.41, 5.74) is 0.0940. The van der Waals surface area contributed by atoms with Gasteiger partial charge in [0.1, 0.15) is 5.75 Å². The first-order valence-corrected chi connectivity index (χ1v) is 6.15. The Balaban J connectivity index is 2.56. The maximum Gasteiger partial charge on any atom is 0.338 e. The molecule has 1 N–H and O–H groups in total. The highest BCUT2D eigenvalue weighted by molar-refractivity contribution is 5.99. The molecule has 0 radical (unpaired) electrons. The second-order valence-electron chi connectivity index (χ2n) is 4.05. The summed E-state index contributed by atoms with van der Waals surface area (Å²) in [4.78, 5) is 22.5. The largest absolute Gasteiger partial charge is 0.507 e. The summed E-state index contributed by atoms with van der Waals surface area (Å²) in [6, 6.07) is 4.34. The summed E-state index contributed by atoms with van der Waals surface area (Å²) >= 11 is 0. The molecule has 1 aromatic rings. The summed E-state index contributed by atoms with van der Waals surface area (Å²) in [5.74, 6) is -0.769. The van der Waals surface area contributed by atoms with Crippen LogP contribution in [0.25, 0.3) is 0 Å². The summed E-state index contributed by atoms with van der Waals surface area (Å²) in [7, 11) is 0. The number of aldehydes is 1. The molecule has 1 aromatic carbocycles. The molecule has 0 amide bonds. The van der Waals surface area contributed by atoms with Gasteiger partial charge >= 0.3 is 5.97 Å². The molecule has 0 heterocycles. The van der Waals surface area contributed by atoms with Gasteiger partial charge in [0.2, 0.25) is 0 Å². The minimum Gasteiger partial charge on any atom is -0.507 e. The molecule has 0 fully saturated rings. The lowest BCUT2D eigenvalue weighted by Gasteiger charge is -2.07. The van der Waals surface area contributed by atoms with Crippen molar-refractivity contribution in [2.75, 3.05) is 6.61 Å². The normalized spacial score (nSPS) is 10.1. The first-order chi connectivity index (χ1) is 8.70. The molecule has 0 aliphatic heterocycles. The lowest BCUT2D eigenvalue weighted by atomic mass is 10.1. The van der Waals surface area contributed by atoms with Crippen LogP contribution in [0.5, 0.6) is 5.75 Å². The van der Waals surface area contributed by atoms with E-state index < -0.39 is 5.97 Å². The maximum absolute atomic E-state index is 11.7. The fourth-order valence-electron chi connectivity index (χ4n) is 1.63. The number of carbonyl (C=O) groups is 2. The smallest absolute Gasteiger partial charge is 0.338 e. The molecule has 4 nitrogen and oxygen atoms in total. The van der Waals surface area contributed by atoms with Crippen LogP contribution in [0.1, 0.15) is 53.3 Å². The van der Waals surface area contributed by atoms with Crippen LogP contribution in [-0.4, -0.2) is 24.0 Å². The number of ether oxygens (including phenoxy) is 1. The van der Waals surface area contributed by atoms with Gasteiger partial charge in [0.25, 0.3) is 0 Å². The molecule has 18 heavy (non-hydrogen) atoms. The third-order valence-corrected chi connectivity index (χ3v) is 2.65. The Morgan fingerprint density at radius 1 is 1.33 bits per heavy atom. The van der Waals surface area contributed by atoms with Crippen molar-refractivity contribution in [1.82, 2.24) is 0 Å². The van der Waals surface area contributed by atoms with Crippen molar-refractivity contribution < 1.29 is 19.4 Å². The van der Waals surface area contributed by atoms with E-state index in [1.807, 2.05) is 0 Å². The Morgan fingerprint density at radius 3 is 2.78 bits per heavy atom. The number of phenols is 1. The highest BCUT2D eigenvalue weighted by atomic mass is 16.5. The van der Waals surface area contributed by atoms with E-state index in [2.05, 4.69) is 6.92 Å². The van der Waals surface area contributed by atoms with E-state index in [0.717, 1.165) is 25.7 Å². The van der Waals surface area contributed by atoms with Gasteiger partial charge in [-0.25, -0.2) is 4.79 Å². The first kappa shape index (κ1) is 14.2. The van der Waals surface area contributed by atoms with Crippen LogP contribution >= 0.6 is 0 Å². The van der Waals surface area contributed by atoms with Gasteiger partial charge in [0.05, 0.1) is 17.7 Å². The van der Waals surface area contributed by atoms with E-state index in [1.54, 1.807) is 0 Å². The molecule has 0 bridgehead atoms. The van der Waals surface area contributed by atoms with Crippen LogP contribution in [0, 0.1) is 0 Å². The molecule has 0 unspecified atom stereocenters. The fourth-order valence-corrected chi connectivity index (χ4v) is 1.63. The molecule has 4 heteroatoms. The van der Waals surface area contributed by atoms with Gasteiger partial charge < -0.3 is 9.84 Å². The lowest BCUT2D eigenvalue weighted by Crippen LogP contribution is -2.09. The number of benzene rings is 1. The average molecular weight is 250 g/mol. The molecule has 0 aromatic heterocycles. The summed E-state index contributed by atoms with van der Waals surface area (Å²) in [6.07, 6.45) is 4.53. The van der Waals surface area contributed by atoms with Crippen LogP contribution in [0.15, 0.2) is 18.2 Å². The number of phenolic OH excluding ortho intramolecular Hbond substituents is 1. The van der Waals surface area contributed by atoms with Crippen molar-refractivity contribution >= 4 is 12.3 Å². The molecule has 98 valence electrons. The Hall–Kier alpha value is -1.84. The minimum atomic E-state index is -0.565. The average Bonchev–Trinajstić information content (AvgIpc) is 2.38. The van der Waals surface area contributed by atoms with Crippen molar-refractivity contribution in [3.8, 4) is 5.75 Å². The third kappa shape index (κ3) is 3.87. The van der Waals surface area contributed by atoms with Gasteiger partial charge in [-0.2, -0.15) is 0 Å². The Kier molecular flexibility index (Phi) is 5.91. The molecule has 0 saturated heterocycles. The van der Waals surface area contributed by atoms with E-state index in [4.69, 9.17) is 4.74 Å². The predicted octanol–water partition coefficient (Wildman–Crippen LogP) is 2.94. The van der Waals surface area contributed by atoms with Crippen molar-refractivity contribution in [3.63, 3.8) is 0 Å². The maximum atomic E-state index is 11.7. The second-order valence-corrected chi connectivity index (χ2v) is 4.05. The van der Waals surface area contributed by atoms with Gasteiger partial charge in [0, 0.05) is 0 Å². The Bertz CT molecular complexity index is 412. The number of unbranched alkanes of at least 4 members (excludes halogenated alkanes) is 3. The number of aromatic hydroxyl groups is 1. The first-order valence-electron chi connectivity index (χ1n) is 6.15. The molecule has 0 aliphatic rings. The van der Waals surface area contributed by atoms with E-state index in [1.165, 1.54) is 18.2 Å². The standard InChI is InChI=1S/C14H18O4/c1-2-3-4-5-9-18-14(17)11-7-6-8-13(16)12(11)10-15/h6-8,10,16H,2-5,9H2,1H3. The molecule has 1 rings (SSSR count). The van der Waals surface area contributed by atoms with Gasteiger partial charge in [-0.3, -0.25) is 4.79 Å². The molecular weight excluding hydrogens is 232 g/mol. The molecular formula is C14H18O4. The zero-order valence-corrected chi connectivity index (χ0v) is 10.5. The van der Waals surface area contributed by atoms with Crippen molar-refractivity contribution in [2.45, 2.75) is 32.6 Å². The van der Waals surface area contributed by atoms with Crippen LogP contribution in [0.4, 0.5) is 0 Å². The number of hydrogen-bond donors (Lipinski definition) is 1. The Morgan fingerprint density at radius 2 is 2.11 bits per heavy atom. The van der Waals surface area contributed by atoms with Crippen molar-refractivity contribution in [2.24, 2.45) is 0 Å². The van der Waals surface area contributed by atoms with Crippen molar-refractivity contribution in [3.05, 3.63) is 29.3 Å². The SMILES string of the molecule is CCCCCCOC(=O)c1cccc(O)c1C=O. The van der Waals surface area contributed by atoms with Gasteiger partial charge in [-0.1, -0.05) is 32.3 Å². The molecule has 0 atom stereocenters. The minimum absolute atomic E-state index is 0.0175. The zero-order chi connectivity index (χ0) is 13.4. The third-order valence-electron chi connectivity index (χ3n) is 2.65. The monoisotopic (exact) mass is 250 g/mol. The number of carbonyl (C=O) groups excluding carboxylic acids is 2. The van der Waals surface area contributed by atoms with Crippen LogP contribution in [0.2, 0.25) is 0 Å². The molecule has 0 spiro atoms. The summed E-state index contributed by atoms with van der Waals surface area (Å²) < 4.78 is 5.06. The number of hydrogen-bond acceptors (Lipinski definition) is 4. The van der Waals surface area contributed by atoms with E-state index in [0.29, 0.717) is 12.9 Å². The number of rotatable bonds is 7.